The number of nitrogens with zero attached hydrogens (tertiary/aromatic N) is 4. The highest BCUT2D eigenvalue weighted by Gasteiger charge is 2.17. The van der Waals surface area contributed by atoms with Crippen LogP contribution in [0.4, 0.5) is 10.6 Å². The molecule has 1 fully saturated rings. The smallest absolute Gasteiger partial charge is 0.320 e. The van der Waals surface area contributed by atoms with E-state index in [1.807, 2.05) is 23.0 Å². The molecular weight excluding hydrogens is 396 g/mol. The second-order valence-electron chi connectivity index (χ2n) is 7.72. The summed E-state index contributed by atoms with van der Waals surface area (Å²) in [6.07, 6.45) is 10.6. The Morgan fingerprint density at radius 2 is 2.00 bits per heavy atom. The van der Waals surface area contributed by atoms with Gasteiger partial charge in [0.05, 0.1) is 23.8 Å². The first-order valence-corrected chi connectivity index (χ1v) is 10.6. The predicted molar refractivity (Wildman–Crippen MR) is 116 cm³/mol. The molecule has 2 N–H and O–H groups in total. The number of urea groups is 1. The van der Waals surface area contributed by atoms with Crippen LogP contribution in [0.25, 0.3) is 22.2 Å². The molecule has 3 aromatic heterocycles. The SMILES string of the molecule is CC(=O)OCCCn1cc(-c2cnc3ccc(NC(=O)NC4CCCC4)nc3c2)cn1. The van der Waals surface area contributed by atoms with Crippen molar-refractivity contribution < 1.29 is 14.3 Å². The highest BCUT2D eigenvalue weighted by Crippen LogP contribution is 2.23. The molecule has 9 heteroatoms. The first kappa shape index (κ1) is 20.8. The van der Waals surface area contributed by atoms with Gasteiger partial charge >= 0.3 is 12.0 Å². The van der Waals surface area contributed by atoms with Crippen LogP contribution in [0.15, 0.2) is 36.8 Å². The second-order valence-corrected chi connectivity index (χ2v) is 7.72. The number of amides is 2. The number of aryl methyl sites for hydroxylation is 1. The number of nitrogens with one attached hydrogen (secondary N) is 2. The number of anilines is 1. The lowest BCUT2D eigenvalue weighted by Gasteiger charge is -2.12. The molecule has 0 atom stereocenters. The third kappa shape index (κ3) is 5.56. The zero-order valence-corrected chi connectivity index (χ0v) is 17.5. The van der Waals surface area contributed by atoms with Crippen molar-refractivity contribution in [3.05, 3.63) is 36.8 Å². The molecule has 1 saturated carbocycles. The Kier molecular flexibility index (Phi) is 6.40. The van der Waals surface area contributed by atoms with Crippen molar-refractivity contribution in [3.63, 3.8) is 0 Å². The summed E-state index contributed by atoms with van der Waals surface area (Å²) in [6, 6.07) is 5.56. The molecule has 1 aliphatic carbocycles. The van der Waals surface area contributed by atoms with Gasteiger partial charge in [0, 0.05) is 49.5 Å². The number of esters is 1. The van der Waals surface area contributed by atoms with Crippen LogP contribution < -0.4 is 10.6 Å². The summed E-state index contributed by atoms with van der Waals surface area (Å²) in [4.78, 5) is 32.1. The van der Waals surface area contributed by atoms with Gasteiger partial charge in [-0.25, -0.2) is 9.78 Å². The molecule has 0 aliphatic heterocycles. The van der Waals surface area contributed by atoms with Gasteiger partial charge in [-0.15, -0.1) is 0 Å². The van der Waals surface area contributed by atoms with Crippen LogP contribution in [0.3, 0.4) is 0 Å². The minimum atomic E-state index is -0.277. The molecule has 3 aromatic rings. The quantitative estimate of drug-likeness (QED) is 0.445. The number of hydrogen-bond acceptors (Lipinski definition) is 6. The van der Waals surface area contributed by atoms with Crippen molar-refractivity contribution in [1.82, 2.24) is 25.1 Å². The summed E-state index contributed by atoms with van der Waals surface area (Å²) in [5.41, 5.74) is 3.25. The van der Waals surface area contributed by atoms with Gasteiger partial charge < -0.3 is 10.1 Å². The Morgan fingerprint density at radius 1 is 1.16 bits per heavy atom. The first-order valence-electron chi connectivity index (χ1n) is 10.6. The third-order valence-electron chi connectivity index (χ3n) is 5.27. The van der Waals surface area contributed by atoms with E-state index >= 15 is 0 Å². The maximum Gasteiger partial charge on any atom is 0.320 e. The normalized spacial score (nSPS) is 14.0. The van der Waals surface area contributed by atoms with E-state index in [9.17, 15) is 9.59 Å². The average Bonchev–Trinajstić information content (AvgIpc) is 3.42. The van der Waals surface area contributed by atoms with Crippen molar-refractivity contribution >= 4 is 28.9 Å². The molecule has 1 aliphatic rings. The summed E-state index contributed by atoms with van der Waals surface area (Å²) in [7, 11) is 0. The van der Waals surface area contributed by atoms with Crippen molar-refractivity contribution in [2.24, 2.45) is 0 Å². The van der Waals surface area contributed by atoms with Gasteiger partial charge in [-0.1, -0.05) is 12.8 Å². The number of aromatic nitrogens is 4. The van der Waals surface area contributed by atoms with Crippen LogP contribution in [0.5, 0.6) is 0 Å². The van der Waals surface area contributed by atoms with Gasteiger partial charge in [0.25, 0.3) is 0 Å². The second kappa shape index (κ2) is 9.55. The van der Waals surface area contributed by atoms with E-state index in [2.05, 4.69) is 25.7 Å². The summed E-state index contributed by atoms with van der Waals surface area (Å²) in [6.45, 7) is 2.42. The maximum absolute atomic E-state index is 12.2. The fourth-order valence-corrected chi connectivity index (χ4v) is 3.72. The minimum Gasteiger partial charge on any atom is -0.466 e. The number of rotatable bonds is 7. The van der Waals surface area contributed by atoms with E-state index in [0.29, 0.717) is 30.9 Å². The van der Waals surface area contributed by atoms with Crippen LogP contribution in [0.1, 0.15) is 39.0 Å². The lowest BCUT2D eigenvalue weighted by molar-refractivity contribution is -0.141. The number of carbonyl (C=O) groups excluding carboxylic acids is 2. The van der Waals surface area contributed by atoms with Crippen molar-refractivity contribution in [1.29, 1.82) is 0 Å². The number of pyridine rings is 2. The molecule has 31 heavy (non-hydrogen) atoms. The summed E-state index contributed by atoms with van der Waals surface area (Å²) >= 11 is 0. The number of ether oxygens (including phenoxy) is 1. The van der Waals surface area contributed by atoms with Crippen molar-refractivity contribution in [2.75, 3.05) is 11.9 Å². The molecule has 4 rings (SSSR count). The Morgan fingerprint density at radius 3 is 2.81 bits per heavy atom. The molecule has 0 spiro atoms. The summed E-state index contributed by atoms with van der Waals surface area (Å²) < 4.78 is 6.75. The van der Waals surface area contributed by atoms with Crippen LogP contribution >= 0.6 is 0 Å². The van der Waals surface area contributed by atoms with E-state index in [0.717, 1.165) is 42.3 Å². The first-order chi connectivity index (χ1) is 15.1. The van der Waals surface area contributed by atoms with Crippen molar-refractivity contribution in [3.8, 4) is 11.1 Å². The Bertz CT molecular complexity index is 1070. The Hall–Kier alpha value is -3.49. The Labute approximate surface area is 180 Å². The molecule has 162 valence electrons. The van der Waals surface area contributed by atoms with Gasteiger partial charge in [-0.3, -0.25) is 19.8 Å². The van der Waals surface area contributed by atoms with E-state index in [-0.39, 0.29) is 18.0 Å². The van der Waals surface area contributed by atoms with Gasteiger partial charge in [-0.2, -0.15) is 5.10 Å². The van der Waals surface area contributed by atoms with Gasteiger partial charge in [0.1, 0.15) is 5.82 Å². The number of hydrogen-bond donors (Lipinski definition) is 2. The van der Waals surface area contributed by atoms with Gasteiger partial charge in [-0.05, 0) is 31.0 Å². The standard InChI is InChI=1S/C22H26N6O3/c1-15(29)31-10-4-9-28-14-17(13-24-28)16-11-20-19(23-12-16)7-8-21(26-20)27-22(30)25-18-5-2-3-6-18/h7-8,11-14,18H,2-6,9-10H2,1H3,(H2,25,26,27,30). The van der Waals surface area contributed by atoms with E-state index in [1.54, 1.807) is 18.5 Å². The van der Waals surface area contributed by atoms with Crippen LogP contribution in [-0.2, 0) is 16.1 Å². The third-order valence-corrected chi connectivity index (χ3v) is 5.27. The lowest BCUT2D eigenvalue weighted by atomic mass is 10.1. The van der Waals surface area contributed by atoms with E-state index in [4.69, 9.17) is 4.74 Å². The number of carbonyl (C=O) groups is 2. The van der Waals surface area contributed by atoms with Crippen molar-refractivity contribution in [2.45, 2.75) is 51.6 Å². The predicted octanol–water partition coefficient (Wildman–Crippen LogP) is 3.51. The van der Waals surface area contributed by atoms with Gasteiger partial charge in [0.15, 0.2) is 0 Å². The van der Waals surface area contributed by atoms with E-state index < -0.39 is 0 Å². The summed E-state index contributed by atoms with van der Waals surface area (Å²) in [5.74, 6) is 0.212. The molecule has 9 nitrogen and oxygen atoms in total. The van der Waals surface area contributed by atoms with Crippen LogP contribution in [0.2, 0.25) is 0 Å². The fraction of sp³-hybridized carbons (Fsp3) is 0.409. The molecule has 3 heterocycles. The molecular formula is C22H26N6O3. The molecule has 0 saturated heterocycles. The zero-order valence-electron chi connectivity index (χ0n) is 17.5. The zero-order chi connectivity index (χ0) is 21.6. The van der Waals surface area contributed by atoms with Crippen LogP contribution in [0, 0.1) is 0 Å². The molecule has 0 radical (unpaired) electrons. The highest BCUT2D eigenvalue weighted by atomic mass is 16.5. The minimum absolute atomic E-state index is 0.224. The lowest BCUT2D eigenvalue weighted by Crippen LogP contribution is -2.36. The Balaban J connectivity index is 1.42. The summed E-state index contributed by atoms with van der Waals surface area (Å²) in [5, 5.41) is 10.2. The molecule has 0 aromatic carbocycles. The van der Waals surface area contributed by atoms with Gasteiger partial charge in [0.2, 0.25) is 0 Å². The molecule has 0 bridgehead atoms. The average molecular weight is 422 g/mol. The fourth-order valence-electron chi connectivity index (χ4n) is 3.72. The maximum atomic E-state index is 12.2. The monoisotopic (exact) mass is 422 g/mol. The topological polar surface area (TPSA) is 111 Å². The number of fused-ring (bicyclic) bond motifs is 1. The highest BCUT2D eigenvalue weighted by molar-refractivity contribution is 5.90. The van der Waals surface area contributed by atoms with E-state index in [1.165, 1.54) is 6.92 Å². The van der Waals surface area contributed by atoms with Crippen LogP contribution in [-0.4, -0.2) is 44.4 Å². The molecule has 0 unspecified atom stereocenters. The molecule has 2 amide bonds. The largest absolute Gasteiger partial charge is 0.466 e.